The summed E-state index contributed by atoms with van der Waals surface area (Å²) in [7, 11) is 1.97. The Hall–Kier alpha value is -1.59. The maximum Gasteiger partial charge on any atom is 0.234 e. The summed E-state index contributed by atoms with van der Waals surface area (Å²) in [4.78, 5) is 16.8. The number of rotatable bonds is 8. The number of amides is 1. The van der Waals surface area contributed by atoms with Gasteiger partial charge in [-0.1, -0.05) is 17.7 Å². The highest BCUT2D eigenvalue weighted by molar-refractivity contribution is 5.78. The zero-order chi connectivity index (χ0) is 17.6. The Morgan fingerprint density at radius 3 is 2.52 bits per heavy atom. The Labute approximate surface area is 151 Å². The number of hydrogen-bond donors (Lipinski definition) is 1. The minimum absolute atomic E-state index is 0.128. The third kappa shape index (κ3) is 6.01. The van der Waals surface area contributed by atoms with Gasteiger partial charge in [0.05, 0.1) is 6.54 Å². The summed E-state index contributed by atoms with van der Waals surface area (Å²) in [6.07, 6.45) is 4.91. The van der Waals surface area contributed by atoms with E-state index in [1.54, 1.807) is 0 Å². The fourth-order valence-electron chi connectivity index (χ4n) is 3.40. The van der Waals surface area contributed by atoms with Crippen LogP contribution in [0.4, 0.5) is 0 Å². The summed E-state index contributed by atoms with van der Waals surface area (Å²) in [5.74, 6) is 1.01. The molecule has 1 aromatic carbocycles. The second kappa shape index (κ2) is 8.68. The van der Waals surface area contributed by atoms with Crippen molar-refractivity contribution in [2.75, 3.05) is 39.8 Å². The highest BCUT2D eigenvalue weighted by Gasteiger charge is 2.32. The lowest BCUT2D eigenvalue weighted by atomic mass is 10.0. The van der Waals surface area contributed by atoms with E-state index in [-0.39, 0.29) is 5.91 Å². The molecule has 25 heavy (non-hydrogen) atoms. The molecule has 5 heteroatoms. The van der Waals surface area contributed by atoms with E-state index in [4.69, 9.17) is 4.74 Å². The molecule has 1 aliphatic heterocycles. The fraction of sp³-hybridized carbons (Fsp3) is 0.650. The average molecular weight is 345 g/mol. The molecule has 1 aliphatic carbocycles. The van der Waals surface area contributed by atoms with E-state index in [2.05, 4.69) is 17.1 Å². The molecule has 0 unspecified atom stereocenters. The van der Waals surface area contributed by atoms with Crippen LogP contribution in [0.1, 0.15) is 31.2 Å². The fourth-order valence-corrected chi connectivity index (χ4v) is 3.40. The first-order chi connectivity index (χ1) is 12.1. The second-order valence-electron chi connectivity index (χ2n) is 7.51. The molecule has 1 saturated heterocycles. The van der Waals surface area contributed by atoms with Gasteiger partial charge in [-0.05, 0) is 51.8 Å². The molecule has 138 valence electrons. The van der Waals surface area contributed by atoms with Crippen molar-refractivity contribution >= 4 is 5.91 Å². The number of hydrogen-bond acceptors (Lipinski definition) is 4. The molecular weight excluding hydrogens is 314 g/mol. The molecule has 2 fully saturated rings. The topological polar surface area (TPSA) is 44.8 Å². The SMILES string of the molecule is Cc1ccc(OCCN(C)CC(=O)NC2CCN(C3CC3)CC2)cc1. The summed E-state index contributed by atoms with van der Waals surface area (Å²) in [5.41, 5.74) is 1.23. The quantitative estimate of drug-likeness (QED) is 0.783. The van der Waals surface area contributed by atoms with Gasteiger partial charge in [-0.25, -0.2) is 0 Å². The van der Waals surface area contributed by atoms with E-state index in [1.807, 2.05) is 36.2 Å². The Bertz CT molecular complexity index is 549. The molecule has 5 nitrogen and oxygen atoms in total. The number of benzene rings is 1. The number of likely N-dealkylation sites (tertiary alicyclic amines) is 1. The van der Waals surface area contributed by atoms with Gasteiger partial charge >= 0.3 is 0 Å². The lowest BCUT2D eigenvalue weighted by Crippen LogP contribution is -2.47. The summed E-state index contributed by atoms with van der Waals surface area (Å²) in [5, 5.41) is 3.20. The number of carbonyl (C=O) groups is 1. The number of aryl methyl sites for hydroxylation is 1. The standard InChI is InChI=1S/C20H31N3O2/c1-16-3-7-19(8-4-16)25-14-13-22(2)15-20(24)21-17-9-11-23(12-10-17)18-5-6-18/h3-4,7-8,17-18H,5-6,9-15H2,1-2H3,(H,21,24). The molecule has 1 heterocycles. The maximum absolute atomic E-state index is 12.2. The zero-order valence-corrected chi connectivity index (χ0v) is 15.5. The van der Waals surface area contributed by atoms with E-state index >= 15 is 0 Å². The summed E-state index contributed by atoms with van der Waals surface area (Å²) < 4.78 is 5.72. The van der Waals surface area contributed by atoms with E-state index in [9.17, 15) is 4.79 Å². The number of ether oxygens (including phenoxy) is 1. The van der Waals surface area contributed by atoms with Gasteiger partial charge in [0.25, 0.3) is 0 Å². The van der Waals surface area contributed by atoms with Crippen molar-refractivity contribution < 1.29 is 9.53 Å². The monoisotopic (exact) mass is 345 g/mol. The summed E-state index contributed by atoms with van der Waals surface area (Å²) in [6, 6.07) is 9.24. The molecular formula is C20H31N3O2. The normalized spacial score (nSPS) is 19.2. The van der Waals surface area contributed by atoms with Crippen molar-refractivity contribution in [3.8, 4) is 5.75 Å². The van der Waals surface area contributed by atoms with Crippen molar-refractivity contribution in [1.82, 2.24) is 15.1 Å². The van der Waals surface area contributed by atoms with E-state index in [1.165, 1.54) is 18.4 Å². The molecule has 1 aromatic rings. The predicted molar refractivity (Wildman–Crippen MR) is 99.9 cm³/mol. The first kappa shape index (κ1) is 18.2. The average Bonchev–Trinajstić information content (AvgIpc) is 3.42. The molecule has 1 N–H and O–H groups in total. The van der Waals surface area contributed by atoms with Crippen molar-refractivity contribution in [3.05, 3.63) is 29.8 Å². The van der Waals surface area contributed by atoms with Gasteiger partial charge in [0.2, 0.25) is 5.91 Å². The first-order valence-corrected chi connectivity index (χ1v) is 9.51. The lowest BCUT2D eigenvalue weighted by Gasteiger charge is -2.32. The molecule has 0 atom stereocenters. The van der Waals surface area contributed by atoms with Gasteiger partial charge < -0.3 is 15.0 Å². The van der Waals surface area contributed by atoms with E-state index < -0.39 is 0 Å². The number of nitrogens with one attached hydrogen (secondary N) is 1. The van der Waals surface area contributed by atoms with Crippen molar-refractivity contribution in [3.63, 3.8) is 0 Å². The third-order valence-corrected chi connectivity index (χ3v) is 5.13. The molecule has 3 rings (SSSR count). The van der Waals surface area contributed by atoms with Crippen LogP contribution in [0.5, 0.6) is 5.75 Å². The summed E-state index contributed by atoms with van der Waals surface area (Å²) in [6.45, 7) is 6.09. The molecule has 0 spiro atoms. The molecule has 0 aromatic heterocycles. The first-order valence-electron chi connectivity index (χ1n) is 9.51. The minimum atomic E-state index is 0.128. The molecule has 1 saturated carbocycles. The summed E-state index contributed by atoms with van der Waals surface area (Å²) >= 11 is 0. The van der Waals surface area contributed by atoms with Crippen LogP contribution in [0, 0.1) is 6.92 Å². The van der Waals surface area contributed by atoms with E-state index in [0.717, 1.165) is 44.3 Å². The van der Waals surface area contributed by atoms with E-state index in [0.29, 0.717) is 19.2 Å². The highest BCUT2D eigenvalue weighted by atomic mass is 16.5. The van der Waals surface area contributed by atoms with Crippen LogP contribution < -0.4 is 10.1 Å². The van der Waals surface area contributed by atoms with Crippen LogP contribution in [0.25, 0.3) is 0 Å². The second-order valence-corrected chi connectivity index (χ2v) is 7.51. The minimum Gasteiger partial charge on any atom is -0.492 e. The van der Waals surface area contributed by atoms with Gasteiger partial charge in [-0.3, -0.25) is 9.69 Å². The number of likely N-dealkylation sites (N-methyl/N-ethyl adjacent to an activating group) is 1. The Kier molecular flexibility index (Phi) is 6.32. The Balaban J connectivity index is 1.28. The lowest BCUT2D eigenvalue weighted by molar-refractivity contribution is -0.123. The van der Waals surface area contributed by atoms with Crippen LogP contribution in [0.2, 0.25) is 0 Å². The van der Waals surface area contributed by atoms with Gasteiger partial charge in [0, 0.05) is 31.7 Å². The molecule has 0 bridgehead atoms. The van der Waals surface area contributed by atoms with Gasteiger partial charge in [-0.2, -0.15) is 0 Å². The molecule has 2 aliphatic rings. The number of carbonyl (C=O) groups excluding carboxylic acids is 1. The molecule has 1 amide bonds. The van der Waals surface area contributed by atoms with Crippen LogP contribution in [-0.4, -0.2) is 67.6 Å². The van der Waals surface area contributed by atoms with Crippen LogP contribution >= 0.6 is 0 Å². The Morgan fingerprint density at radius 1 is 1.20 bits per heavy atom. The van der Waals surface area contributed by atoms with Crippen LogP contribution in [0.3, 0.4) is 0 Å². The van der Waals surface area contributed by atoms with Crippen molar-refractivity contribution in [2.24, 2.45) is 0 Å². The smallest absolute Gasteiger partial charge is 0.234 e. The zero-order valence-electron chi connectivity index (χ0n) is 15.5. The van der Waals surface area contributed by atoms with Crippen molar-refractivity contribution in [1.29, 1.82) is 0 Å². The number of nitrogens with zero attached hydrogens (tertiary/aromatic N) is 2. The predicted octanol–water partition coefficient (Wildman–Crippen LogP) is 2.05. The molecule has 0 radical (unpaired) electrons. The number of piperidine rings is 1. The Morgan fingerprint density at radius 2 is 1.88 bits per heavy atom. The highest BCUT2D eigenvalue weighted by Crippen LogP contribution is 2.29. The maximum atomic E-state index is 12.2. The van der Waals surface area contributed by atoms with Crippen molar-refractivity contribution in [2.45, 2.75) is 44.7 Å². The van der Waals surface area contributed by atoms with Gasteiger partial charge in [0.15, 0.2) is 0 Å². The van der Waals surface area contributed by atoms with Crippen LogP contribution in [0.15, 0.2) is 24.3 Å². The largest absolute Gasteiger partial charge is 0.492 e. The van der Waals surface area contributed by atoms with Gasteiger partial charge in [0.1, 0.15) is 12.4 Å². The van der Waals surface area contributed by atoms with Gasteiger partial charge in [-0.15, -0.1) is 0 Å². The third-order valence-electron chi connectivity index (χ3n) is 5.13. The van der Waals surface area contributed by atoms with Crippen LogP contribution in [-0.2, 0) is 4.79 Å².